The molecule has 1 atom stereocenters. The molecule has 1 unspecified atom stereocenters. The molecule has 0 fully saturated rings. The van der Waals surface area contributed by atoms with Crippen molar-refractivity contribution in [3.8, 4) is 0 Å². The monoisotopic (exact) mass is 226 g/mol. The van der Waals surface area contributed by atoms with Crippen LogP contribution >= 0.6 is 0 Å². The molecule has 16 heavy (non-hydrogen) atoms. The van der Waals surface area contributed by atoms with E-state index in [4.69, 9.17) is 4.74 Å². The van der Waals surface area contributed by atoms with Gasteiger partial charge < -0.3 is 10.1 Å². The molecule has 0 radical (unpaired) electrons. The maximum absolute atomic E-state index is 12.7. The Hall–Kier alpha value is -1.00. The highest BCUT2D eigenvalue weighted by molar-refractivity contribution is 5.09. The summed E-state index contributed by atoms with van der Waals surface area (Å²) in [6.07, 6.45) is 2.28. The smallest absolute Gasteiger partial charge is 0.141 e. The van der Waals surface area contributed by atoms with Gasteiger partial charge in [0.1, 0.15) is 5.82 Å². The van der Waals surface area contributed by atoms with Crippen molar-refractivity contribution in [2.24, 2.45) is 0 Å². The SMILES string of the molecule is CCCNC(COCC)c1ccc(F)cn1. The van der Waals surface area contributed by atoms with Gasteiger partial charge in [0.15, 0.2) is 0 Å². The summed E-state index contributed by atoms with van der Waals surface area (Å²) in [4.78, 5) is 4.07. The van der Waals surface area contributed by atoms with Gasteiger partial charge in [0, 0.05) is 6.61 Å². The zero-order valence-electron chi connectivity index (χ0n) is 9.87. The van der Waals surface area contributed by atoms with Crippen LogP contribution in [0.25, 0.3) is 0 Å². The second kappa shape index (κ2) is 7.30. The highest BCUT2D eigenvalue weighted by Gasteiger charge is 2.11. The van der Waals surface area contributed by atoms with Crippen LogP contribution in [-0.4, -0.2) is 24.7 Å². The normalized spacial score (nSPS) is 12.7. The number of nitrogens with zero attached hydrogens (tertiary/aromatic N) is 1. The van der Waals surface area contributed by atoms with E-state index in [0.717, 1.165) is 18.7 Å². The summed E-state index contributed by atoms with van der Waals surface area (Å²) in [7, 11) is 0. The number of hydrogen-bond donors (Lipinski definition) is 1. The van der Waals surface area contributed by atoms with E-state index in [1.165, 1.54) is 12.3 Å². The van der Waals surface area contributed by atoms with Crippen LogP contribution in [0.1, 0.15) is 32.0 Å². The third-order valence-corrected chi connectivity index (χ3v) is 2.24. The van der Waals surface area contributed by atoms with Gasteiger partial charge in [-0.2, -0.15) is 0 Å². The van der Waals surface area contributed by atoms with E-state index in [-0.39, 0.29) is 11.9 Å². The predicted octanol–water partition coefficient (Wildman–Crippen LogP) is 2.30. The summed E-state index contributed by atoms with van der Waals surface area (Å²) >= 11 is 0. The fourth-order valence-electron chi connectivity index (χ4n) is 1.40. The molecule has 1 aromatic rings. The zero-order valence-corrected chi connectivity index (χ0v) is 9.87. The lowest BCUT2D eigenvalue weighted by Gasteiger charge is -2.17. The van der Waals surface area contributed by atoms with Crippen molar-refractivity contribution in [3.05, 3.63) is 29.8 Å². The topological polar surface area (TPSA) is 34.1 Å². The first kappa shape index (κ1) is 13.1. The van der Waals surface area contributed by atoms with E-state index >= 15 is 0 Å². The molecule has 0 saturated carbocycles. The van der Waals surface area contributed by atoms with Gasteiger partial charge in [-0.25, -0.2) is 4.39 Å². The molecule has 4 heteroatoms. The molecule has 0 saturated heterocycles. The van der Waals surface area contributed by atoms with E-state index in [1.54, 1.807) is 6.07 Å². The van der Waals surface area contributed by atoms with Gasteiger partial charge in [0.25, 0.3) is 0 Å². The lowest BCUT2D eigenvalue weighted by molar-refractivity contribution is 0.122. The van der Waals surface area contributed by atoms with Gasteiger partial charge in [-0.3, -0.25) is 4.98 Å². The summed E-state index contributed by atoms with van der Waals surface area (Å²) in [5.74, 6) is -0.311. The molecule has 90 valence electrons. The van der Waals surface area contributed by atoms with Crippen LogP contribution < -0.4 is 5.32 Å². The molecule has 0 aromatic carbocycles. The quantitative estimate of drug-likeness (QED) is 0.774. The van der Waals surface area contributed by atoms with Crippen molar-refractivity contribution in [1.29, 1.82) is 0 Å². The van der Waals surface area contributed by atoms with Crippen LogP contribution in [0.15, 0.2) is 18.3 Å². The van der Waals surface area contributed by atoms with Crippen molar-refractivity contribution in [1.82, 2.24) is 10.3 Å². The predicted molar refractivity (Wildman–Crippen MR) is 61.7 cm³/mol. The van der Waals surface area contributed by atoms with Gasteiger partial charge in [0.05, 0.1) is 24.5 Å². The molecule has 0 aliphatic rings. The summed E-state index contributed by atoms with van der Waals surface area (Å²) in [6, 6.07) is 3.16. The molecular formula is C12H19FN2O. The van der Waals surface area contributed by atoms with Crippen molar-refractivity contribution in [2.45, 2.75) is 26.3 Å². The first-order chi connectivity index (χ1) is 7.77. The standard InChI is InChI=1S/C12H19FN2O/c1-3-7-14-12(9-16-4-2)11-6-5-10(13)8-15-11/h5-6,8,12,14H,3-4,7,9H2,1-2H3. The minimum absolute atomic E-state index is 0.0421. The number of ether oxygens (including phenoxy) is 1. The number of halogens is 1. The molecule has 1 heterocycles. The fraction of sp³-hybridized carbons (Fsp3) is 0.583. The molecule has 0 spiro atoms. The molecular weight excluding hydrogens is 207 g/mol. The van der Waals surface area contributed by atoms with Gasteiger partial charge in [-0.15, -0.1) is 0 Å². The highest BCUT2D eigenvalue weighted by atomic mass is 19.1. The second-order valence-electron chi connectivity index (χ2n) is 3.57. The second-order valence-corrected chi connectivity index (χ2v) is 3.57. The first-order valence-corrected chi connectivity index (χ1v) is 5.70. The van der Waals surface area contributed by atoms with E-state index < -0.39 is 0 Å². The van der Waals surface area contributed by atoms with E-state index in [0.29, 0.717) is 13.2 Å². The molecule has 1 N–H and O–H groups in total. The van der Waals surface area contributed by atoms with Crippen molar-refractivity contribution >= 4 is 0 Å². The van der Waals surface area contributed by atoms with Crippen LogP contribution in [0, 0.1) is 5.82 Å². The average molecular weight is 226 g/mol. The Kier molecular flexibility index (Phi) is 5.96. The van der Waals surface area contributed by atoms with Crippen LogP contribution in [0.3, 0.4) is 0 Å². The van der Waals surface area contributed by atoms with Gasteiger partial charge >= 0.3 is 0 Å². The van der Waals surface area contributed by atoms with Crippen LogP contribution in [0.5, 0.6) is 0 Å². The minimum atomic E-state index is -0.311. The van der Waals surface area contributed by atoms with E-state index in [2.05, 4.69) is 17.2 Å². The maximum atomic E-state index is 12.7. The van der Waals surface area contributed by atoms with Crippen LogP contribution in [0.2, 0.25) is 0 Å². The maximum Gasteiger partial charge on any atom is 0.141 e. The lowest BCUT2D eigenvalue weighted by Crippen LogP contribution is -2.27. The largest absolute Gasteiger partial charge is 0.380 e. The Morgan fingerprint density at radius 3 is 2.81 bits per heavy atom. The molecule has 0 aliphatic heterocycles. The molecule has 1 rings (SSSR count). The molecule has 0 amide bonds. The number of rotatable bonds is 7. The van der Waals surface area contributed by atoms with Crippen LogP contribution in [0.4, 0.5) is 4.39 Å². The third kappa shape index (κ3) is 4.24. The van der Waals surface area contributed by atoms with Crippen LogP contribution in [-0.2, 0) is 4.74 Å². The fourth-order valence-corrected chi connectivity index (χ4v) is 1.40. The minimum Gasteiger partial charge on any atom is -0.380 e. The Balaban J connectivity index is 2.62. The average Bonchev–Trinajstić information content (AvgIpc) is 2.31. The molecule has 1 aromatic heterocycles. The lowest BCUT2D eigenvalue weighted by atomic mass is 10.2. The first-order valence-electron chi connectivity index (χ1n) is 5.70. The summed E-state index contributed by atoms with van der Waals surface area (Å²) in [5, 5.41) is 3.33. The van der Waals surface area contributed by atoms with E-state index in [9.17, 15) is 4.39 Å². The third-order valence-electron chi connectivity index (χ3n) is 2.24. The number of aromatic nitrogens is 1. The Labute approximate surface area is 96.0 Å². The molecule has 3 nitrogen and oxygen atoms in total. The van der Waals surface area contributed by atoms with Gasteiger partial charge in [0.2, 0.25) is 0 Å². The van der Waals surface area contributed by atoms with Crippen molar-refractivity contribution in [3.63, 3.8) is 0 Å². The summed E-state index contributed by atoms with van der Waals surface area (Å²) < 4.78 is 18.1. The number of pyridine rings is 1. The molecule has 0 bridgehead atoms. The Morgan fingerprint density at radius 1 is 1.44 bits per heavy atom. The number of nitrogens with one attached hydrogen (secondary N) is 1. The summed E-state index contributed by atoms with van der Waals surface area (Å²) in [5.41, 5.74) is 0.823. The van der Waals surface area contributed by atoms with E-state index in [1.807, 2.05) is 6.92 Å². The zero-order chi connectivity index (χ0) is 11.8. The van der Waals surface area contributed by atoms with Crippen molar-refractivity contribution < 1.29 is 9.13 Å². The molecule has 0 aliphatic carbocycles. The van der Waals surface area contributed by atoms with Gasteiger partial charge in [-0.1, -0.05) is 6.92 Å². The van der Waals surface area contributed by atoms with Crippen molar-refractivity contribution in [2.75, 3.05) is 19.8 Å². The summed E-state index contributed by atoms with van der Waals surface area (Å²) in [6.45, 7) is 6.19. The number of hydrogen-bond acceptors (Lipinski definition) is 3. The Morgan fingerprint density at radius 2 is 2.25 bits per heavy atom. The highest BCUT2D eigenvalue weighted by Crippen LogP contribution is 2.11. The Bertz CT molecular complexity index is 282. The van der Waals surface area contributed by atoms with Gasteiger partial charge in [-0.05, 0) is 32.0 Å².